The van der Waals surface area contributed by atoms with Crippen molar-refractivity contribution in [3.8, 4) is 0 Å². The first-order chi connectivity index (χ1) is 14.9. The summed E-state index contributed by atoms with van der Waals surface area (Å²) in [5.41, 5.74) is 0.305. The lowest BCUT2D eigenvalue weighted by Crippen LogP contribution is -2.39. The molecular weight excluding hydrogens is 404 g/mol. The lowest BCUT2D eigenvalue weighted by Gasteiger charge is -2.46. The molecule has 2 unspecified atom stereocenters. The Labute approximate surface area is 184 Å². The van der Waals surface area contributed by atoms with Crippen LogP contribution in [0.15, 0.2) is 0 Å². The highest BCUT2D eigenvalue weighted by Crippen LogP contribution is 2.48. The highest BCUT2D eigenvalue weighted by atomic mass is 16.8. The van der Waals surface area contributed by atoms with Gasteiger partial charge in [-0.3, -0.25) is 0 Å². The molecule has 0 aromatic heterocycles. The Morgan fingerprint density at radius 2 is 1.10 bits per heavy atom. The van der Waals surface area contributed by atoms with E-state index in [2.05, 4.69) is 13.8 Å². The minimum atomic E-state index is -0.588. The minimum Gasteiger partial charge on any atom is -0.430 e. The van der Waals surface area contributed by atoms with Crippen LogP contribution in [0.2, 0.25) is 0 Å². The van der Waals surface area contributed by atoms with Gasteiger partial charge in [-0.15, -0.1) is 0 Å². The van der Waals surface area contributed by atoms with Crippen molar-refractivity contribution in [1.29, 1.82) is 0 Å². The van der Waals surface area contributed by atoms with Crippen molar-refractivity contribution in [3.63, 3.8) is 0 Å². The largest absolute Gasteiger partial charge is 0.508 e. The van der Waals surface area contributed by atoms with Crippen LogP contribution in [0, 0.1) is 17.3 Å². The molecule has 0 aromatic rings. The van der Waals surface area contributed by atoms with E-state index in [1.165, 1.54) is 25.7 Å². The molecule has 0 amide bonds. The van der Waals surface area contributed by atoms with Gasteiger partial charge in [0.15, 0.2) is 12.2 Å². The number of carbonyl (C=O) groups is 2. The van der Waals surface area contributed by atoms with Gasteiger partial charge in [-0.2, -0.15) is 0 Å². The second-order valence-electron chi connectivity index (χ2n) is 10.0. The first kappa shape index (κ1) is 22.6. The van der Waals surface area contributed by atoms with Crippen LogP contribution < -0.4 is 0 Å². The van der Waals surface area contributed by atoms with Crippen LogP contribution in [-0.2, 0) is 28.4 Å². The molecule has 0 bridgehead atoms. The van der Waals surface area contributed by atoms with E-state index in [-0.39, 0.29) is 24.4 Å². The predicted octanol–water partition coefficient (Wildman–Crippen LogP) is 4.23. The van der Waals surface area contributed by atoms with Crippen molar-refractivity contribution in [2.45, 2.75) is 89.6 Å². The number of cyclic esters (lactones) is 4. The molecule has 0 spiro atoms. The van der Waals surface area contributed by atoms with Gasteiger partial charge < -0.3 is 28.4 Å². The van der Waals surface area contributed by atoms with Gasteiger partial charge in [0.05, 0.1) is 25.4 Å². The fourth-order valence-corrected chi connectivity index (χ4v) is 5.66. The SMILES string of the molecule is CC(C)(C1CCC(OCC2COC(=O)O2)CC1)C1CCC(OCC2COC(=O)O2)CC1. The van der Waals surface area contributed by atoms with Crippen LogP contribution in [0.3, 0.4) is 0 Å². The molecule has 4 fully saturated rings. The van der Waals surface area contributed by atoms with E-state index < -0.39 is 12.3 Å². The van der Waals surface area contributed by atoms with Crippen LogP contribution in [0.25, 0.3) is 0 Å². The van der Waals surface area contributed by atoms with Crippen molar-refractivity contribution >= 4 is 12.3 Å². The summed E-state index contributed by atoms with van der Waals surface area (Å²) >= 11 is 0. The van der Waals surface area contributed by atoms with Crippen molar-refractivity contribution in [1.82, 2.24) is 0 Å². The van der Waals surface area contributed by atoms with Gasteiger partial charge in [0, 0.05) is 0 Å². The molecule has 8 heteroatoms. The summed E-state index contributed by atoms with van der Waals surface area (Å²) in [5, 5.41) is 0. The Balaban J connectivity index is 1.14. The summed E-state index contributed by atoms with van der Waals surface area (Å²) in [6.07, 6.45) is 7.81. The number of ether oxygens (including phenoxy) is 6. The highest BCUT2D eigenvalue weighted by molar-refractivity contribution is 5.62. The van der Waals surface area contributed by atoms with Crippen LogP contribution >= 0.6 is 0 Å². The molecule has 4 rings (SSSR count). The van der Waals surface area contributed by atoms with E-state index in [1.54, 1.807) is 0 Å². The average Bonchev–Trinajstić information content (AvgIpc) is 3.39. The van der Waals surface area contributed by atoms with Gasteiger partial charge in [-0.25, -0.2) is 9.59 Å². The van der Waals surface area contributed by atoms with Crippen LogP contribution in [-0.4, -0.2) is 63.2 Å². The molecule has 0 aromatic carbocycles. The minimum absolute atomic E-state index is 0.254. The third-order valence-electron chi connectivity index (χ3n) is 7.79. The molecule has 2 saturated heterocycles. The molecule has 2 heterocycles. The normalized spacial score (nSPS) is 36.5. The van der Waals surface area contributed by atoms with E-state index in [1.807, 2.05) is 0 Å². The molecule has 2 atom stereocenters. The molecule has 2 aliphatic carbocycles. The smallest absolute Gasteiger partial charge is 0.430 e. The maximum Gasteiger partial charge on any atom is 0.508 e. The van der Waals surface area contributed by atoms with Crippen molar-refractivity contribution in [2.24, 2.45) is 17.3 Å². The third kappa shape index (κ3) is 5.83. The van der Waals surface area contributed by atoms with E-state index in [4.69, 9.17) is 28.4 Å². The van der Waals surface area contributed by atoms with Gasteiger partial charge in [0.1, 0.15) is 13.2 Å². The fraction of sp³-hybridized carbons (Fsp3) is 0.913. The highest BCUT2D eigenvalue weighted by Gasteiger charge is 2.41. The van der Waals surface area contributed by atoms with Gasteiger partial charge >= 0.3 is 12.3 Å². The van der Waals surface area contributed by atoms with Gasteiger partial charge in [-0.1, -0.05) is 13.8 Å². The summed E-state index contributed by atoms with van der Waals surface area (Å²) in [5.74, 6) is 1.41. The van der Waals surface area contributed by atoms with Crippen LogP contribution in [0.4, 0.5) is 9.59 Å². The van der Waals surface area contributed by atoms with E-state index >= 15 is 0 Å². The summed E-state index contributed by atoms with van der Waals surface area (Å²) in [6, 6.07) is 0. The molecule has 0 N–H and O–H groups in total. The quantitative estimate of drug-likeness (QED) is 0.518. The lowest BCUT2D eigenvalue weighted by molar-refractivity contribution is -0.0553. The molecule has 2 saturated carbocycles. The van der Waals surface area contributed by atoms with Crippen molar-refractivity contribution < 1.29 is 38.0 Å². The molecule has 8 nitrogen and oxygen atoms in total. The first-order valence-corrected chi connectivity index (χ1v) is 11.8. The molecular formula is C23H36O8. The number of carbonyl (C=O) groups excluding carboxylic acids is 2. The number of rotatable bonds is 8. The maximum absolute atomic E-state index is 11.0. The van der Waals surface area contributed by atoms with Crippen LogP contribution in [0.5, 0.6) is 0 Å². The molecule has 31 heavy (non-hydrogen) atoms. The number of hydrogen-bond acceptors (Lipinski definition) is 8. The third-order valence-corrected chi connectivity index (χ3v) is 7.79. The Morgan fingerprint density at radius 3 is 1.42 bits per heavy atom. The van der Waals surface area contributed by atoms with E-state index in [9.17, 15) is 9.59 Å². The predicted molar refractivity (Wildman–Crippen MR) is 110 cm³/mol. The van der Waals surface area contributed by atoms with Crippen LogP contribution in [0.1, 0.15) is 65.2 Å². The monoisotopic (exact) mass is 440 g/mol. The number of hydrogen-bond donors (Lipinski definition) is 0. The zero-order valence-electron chi connectivity index (χ0n) is 18.7. The second-order valence-corrected chi connectivity index (χ2v) is 10.0. The van der Waals surface area contributed by atoms with Gasteiger partial charge in [0.25, 0.3) is 0 Å². The zero-order valence-corrected chi connectivity index (χ0v) is 18.7. The average molecular weight is 441 g/mol. The summed E-state index contributed by atoms with van der Waals surface area (Å²) in [7, 11) is 0. The summed E-state index contributed by atoms with van der Waals surface area (Å²) in [6.45, 7) is 6.34. The summed E-state index contributed by atoms with van der Waals surface area (Å²) < 4.78 is 31.7. The van der Waals surface area contributed by atoms with E-state index in [0.717, 1.165) is 25.7 Å². The van der Waals surface area contributed by atoms with Gasteiger partial charge in [0.2, 0.25) is 0 Å². The van der Waals surface area contributed by atoms with Crippen molar-refractivity contribution in [3.05, 3.63) is 0 Å². The Hall–Kier alpha value is -1.54. The van der Waals surface area contributed by atoms with E-state index in [0.29, 0.717) is 43.7 Å². The molecule has 176 valence electrons. The fourth-order valence-electron chi connectivity index (χ4n) is 5.66. The standard InChI is InChI=1S/C23H36O8/c1-23(2,15-3-7-17(8-4-15)26-11-19-13-28-21(24)30-19)16-5-9-18(10-6-16)27-12-20-14-29-22(25)31-20/h15-20H,3-14H2,1-2H3. The Bertz CT molecular complexity index is 567. The Morgan fingerprint density at radius 1 is 0.710 bits per heavy atom. The second kappa shape index (κ2) is 9.94. The topological polar surface area (TPSA) is 89.5 Å². The maximum atomic E-state index is 11.0. The first-order valence-electron chi connectivity index (χ1n) is 11.8. The van der Waals surface area contributed by atoms with Gasteiger partial charge in [-0.05, 0) is 68.6 Å². The molecule has 0 radical (unpaired) electrons. The summed E-state index contributed by atoms with van der Waals surface area (Å²) in [4.78, 5) is 22.0. The lowest BCUT2D eigenvalue weighted by atomic mass is 9.60. The molecule has 2 aliphatic heterocycles. The molecule has 4 aliphatic rings. The Kier molecular flexibility index (Phi) is 7.26. The van der Waals surface area contributed by atoms with Crippen molar-refractivity contribution in [2.75, 3.05) is 26.4 Å². The zero-order chi connectivity index (χ0) is 21.8.